The van der Waals surface area contributed by atoms with E-state index in [1.165, 1.54) is 11.1 Å². The number of nitrogens with one attached hydrogen (secondary N) is 1. The molecule has 0 aliphatic carbocycles. The van der Waals surface area contributed by atoms with Gasteiger partial charge in [-0.25, -0.2) is 0 Å². The Morgan fingerprint density at radius 1 is 1.03 bits per heavy atom. The molecule has 2 aromatic carbocycles. The average molecular weight is 390 g/mol. The summed E-state index contributed by atoms with van der Waals surface area (Å²) in [7, 11) is 1.67. The second kappa shape index (κ2) is 8.97. The predicted octanol–water partition coefficient (Wildman–Crippen LogP) is 4.45. The zero-order valence-corrected chi connectivity index (χ0v) is 16.9. The molecule has 0 radical (unpaired) electrons. The minimum Gasteiger partial charge on any atom is -0.493 e. The molecular weight excluding hydrogens is 364 g/mol. The summed E-state index contributed by atoms with van der Waals surface area (Å²) >= 11 is 0. The average Bonchev–Trinajstić information content (AvgIpc) is 3.24. The summed E-state index contributed by atoms with van der Waals surface area (Å²) in [5.41, 5.74) is 4.79. The Bertz CT molecular complexity index is 960. The summed E-state index contributed by atoms with van der Waals surface area (Å²) in [6.07, 6.45) is 4.53. The van der Waals surface area contributed by atoms with Crippen LogP contribution in [0.5, 0.6) is 17.2 Å². The van der Waals surface area contributed by atoms with Crippen molar-refractivity contribution in [2.45, 2.75) is 32.5 Å². The highest BCUT2D eigenvalue weighted by Gasteiger charge is 2.14. The van der Waals surface area contributed by atoms with Gasteiger partial charge in [0, 0.05) is 31.4 Å². The molecule has 4 rings (SSSR count). The Morgan fingerprint density at radius 3 is 2.72 bits per heavy atom. The van der Waals surface area contributed by atoms with Crippen LogP contribution in [-0.4, -0.2) is 18.7 Å². The lowest BCUT2D eigenvalue weighted by Crippen LogP contribution is -2.18. The number of benzene rings is 2. The molecule has 1 unspecified atom stereocenters. The van der Waals surface area contributed by atoms with Crippen molar-refractivity contribution < 1.29 is 14.2 Å². The number of methoxy groups -OCH3 is 1. The molecule has 3 aromatic rings. The van der Waals surface area contributed by atoms with Gasteiger partial charge in [-0.1, -0.05) is 18.2 Å². The Morgan fingerprint density at radius 2 is 1.90 bits per heavy atom. The van der Waals surface area contributed by atoms with Gasteiger partial charge in [0.2, 0.25) is 0 Å². The van der Waals surface area contributed by atoms with Crippen LogP contribution in [-0.2, 0) is 19.6 Å². The van der Waals surface area contributed by atoms with Crippen LogP contribution in [0.25, 0.3) is 0 Å². The third-order valence-corrected chi connectivity index (χ3v) is 5.20. The van der Waals surface area contributed by atoms with E-state index >= 15 is 0 Å². The number of aromatic nitrogens is 1. The fraction of sp³-hybridized carbons (Fsp3) is 0.292. The third kappa shape index (κ3) is 4.69. The van der Waals surface area contributed by atoms with Crippen LogP contribution in [0.15, 0.2) is 60.9 Å². The highest BCUT2D eigenvalue weighted by molar-refractivity contribution is 5.44. The maximum Gasteiger partial charge on any atom is 0.161 e. The summed E-state index contributed by atoms with van der Waals surface area (Å²) in [4.78, 5) is 4.03. The molecule has 29 heavy (non-hydrogen) atoms. The molecule has 1 aliphatic heterocycles. The number of hydrogen-bond acceptors (Lipinski definition) is 5. The summed E-state index contributed by atoms with van der Waals surface area (Å²) in [5.74, 6) is 2.49. The molecule has 0 bridgehead atoms. The molecule has 0 amide bonds. The maximum absolute atomic E-state index is 5.94. The topological polar surface area (TPSA) is 52.6 Å². The molecule has 5 nitrogen and oxygen atoms in total. The van der Waals surface area contributed by atoms with Crippen molar-refractivity contribution in [2.24, 2.45) is 0 Å². The lowest BCUT2D eigenvalue weighted by atomic mass is 10.1. The summed E-state index contributed by atoms with van der Waals surface area (Å²) in [5, 5.41) is 3.59. The lowest BCUT2D eigenvalue weighted by Gasteiger charge is -2.17. The summed E-state index contributed by atoms with van der Waals surface area (Å²) in [6.45, 7) is 4.23. The van der Waals surface area contributed by atoms with E-state index < -0.39 is 0 Å². The van der Waals surface area contributed by atoms with Crippen molar-refractivity contribution in [3.63, 3.8) is 0 Å². The smallest absolute Gasteiger partial charge is 0.161 e. The fourth-order valence-electron chi connectivity index (χ4n) is 3.45. The van der Waals surface area contributed by atoms with E-state index in [9.17, 15) is 0 Å². The number of rotatable bonds is 8. The zero-order chi connectivity index (χ0) is 20.1. The standard InChI is InChI=1S/C24H26N2O3/c1-17(26-15-19-3-5-22-21(13-19)9-12-28-22)20-4-6-23(24(14-20)27-2)29-16-18-7-10-25-11-8-18/h3-8,10-11,13-14,17,26H,9,12,15-16H2,1-2H3. The van der Waals surface area contributed by atoms with Gasteiger partial charge in [0.1, 0.15) is 12.4 Å². The van der Waals surface area contributed by atoms with Crippen molar-refractivity contribution in [1.29, 1.82) is 0 Å². The Hall–Kier alpha value is -3.05. The lowest BCUT2D eigenvalue weighted by molar-refractivity contribution is 0.284. The number of hydrogen-bond donors (Lipinski definition) is 1. The van der Waals surface area contributed by atoms with E-state index in [1.807, 2.05) is 24.3 Å². The maximum atomic E-state index is 5.94. The van der Waals surface area contributed by atoms with Gasteiger partial charge in [0.05, 0.1) is 13.7 Å². The van der Waals surface area contributed by atoms with Crippen molar-refractivity contribution in [3.05, 3.63) is 83.2 Å². The van der Waals surface area contributed by atoms with Gasteiger partial charge in [0.25, 0.3) is 0 Å². The van der Waals surface area contributed by atoms with Gasteiger partial charge in [-0.15, -0.1) is 0 Å². The first-order valence-electron chi connectivity index (χ1n) is 9.90. The van der Waals surface area contributed by atoms with E-state index in [1.54, 1.807) is 19.5 Å². The van der Waals surface area contributed by atoms with Crippen LogP contribution in [0.3, 0.4) is 0 Å². The monoisotopic (exact) mass is 390 g/mol. The molecule has 150 valence electrons. The minimum atomic E-state index is 0.183. The van der Waals surface area contributed by atoms with E-state index in [0.717, 1.165) is 47.9 Å². The van der Waals surface area contributed by atoms with Crippen LogP contribution in [0, 0.1) is 0 Å². The first-order chi connectivity index (χ1) is 14.2. The quantitative estimate of drug-likeness (QED) is 0.616. The first kappa shape index (κ1) is 19.3. The zero-order valence-electron chi connectivity index (χ0n) is 16.9. The second-order valence-corrected chi connectivity index (χ2v) is 7.20. The highest BCUT2D eigenvalue weighted by Crippen LogP contribution is 2.31. The Labute approximate surface area is 171 Å². The van der Waals surface area contributed by atoms with E-state index in [-0.39, 0.29) is 6.04 Å². The normalized spacial score (nSPS) is 13.4. The molecule has 1 aliphatic rings. The van der Waals surface area contributed by atoms with Crippen molar-refractivity contribution in [2.75, 3.05) is 13.7 Å². The number of pyridine rings is 1. The van der Waals surface area contributed by atoms with Crippen LogP contribution >= 0.6 is 0 Å². The molecule has 0 saturated carbocycles. The van der Waals surface area contributed by atoms with Crippen molar-refractivity contribution in [1.82, 2.24) is 10.3 Å². The van der Waals surface area contributed by atoms with Crippen LogP contribution in [0.1, 0.15) is 35.2 Å². The summed E-state index contributed by atoms with van der Waals surface area (Å²) in [6, 6.07) is 16.6. The molecule has 1 atom stereocenters. The third-order valence-electron chi connectivity index (χ3n) is 5.20. The Kier molecular flexibility index (Phi) is 5.96. The van der Waals surface area contributed by atoms with E-state index in [4.69, 9.17) is 14.2 Å². The second-order valence-electron chi connectivity index (χ2n) is 7.20. The number of ether oxygens (including phenoxy) is 3. The van der Waals surface area contributed by atoms with Crippen molar-refractivity contribution in [3.8, 4) is 17.2 Å². The van der Waals surface area contributed by atoms with E-state index in [0.29, 0.717) is 6.61 Å². The molecule has 2 heterocycles. The predicted molar refractivity (Wildman–Crippen MR) is 112 cm³/mol. The van der Waals surface area contributed by atoms with Gasteiger partial charge >= 0.3 is 0 Å². The molecule has 0 spiro atoms. The van der Waals surface area contributed by atoms with Gasteiger partial charge in [-0.05, 0) is 59.5 Å². The highest BCUT2D eigenvalue weighted by atomic mass is 16.5. The first-order valence-corrected chi connectivity index (χ1v) is 9.90. The SMILES string of the molecule is COc1cc(C(C)NCc2ccc3c(c2)CCO3)ccc1OCc1ccncc1. The summed E-state index contributed by atoms with van der Waals surface area (Å²) < 4.78 is 17.1. The van der Waals surface area contributed by atoms with Gasteiger partial charge in [-0.2, -0.15) is 0 Å². The number of nitrogens with zero attached hydrogens (tertiary/aromatic N) is 1. The van der Waals surface area contributed by atoms with Crippen LogP contribution in [0.4, 0.5) is 0 Å². The largest absolute Gasteiger partial charge is 0.493 e. The molecular formula is C24H26N2O3. The molecule has 5 heteroatoms. The fourth-order valence-corrected chi connectivity index (χ4v) is 3.45. The van der Waals surface area contributed by atoms with Crippen LogP contribution < -0.4 is 19.5 Å². The molecule has 1 N–H and O–H groups in total. The van der Waals surface area contributed by atoms with Gasteiger partial charge in [-0.3, -0.25) is 4.98 Å². The molecule has 0 saturated heterocycles. The van der Waals surface area contributed by atoms with Crippen LogP contribution in [0.2, 0.25) is 0 Å². The number of fused-ring (bicyclic) bond motifs is 1. The molecule has 0 fully saturated rings. The van der Waals surface area contributed by atoms with Gasteiger partial charge in [0.15, 0.2) is 11.5 Å². The molecule has 1 aromatic heterocycles. The Balaban J connectivity index is 1.38. The van der Waals surface area contributed by atoms with Crippen molar-refractivity contribution >= 4 is 0 Å². The van der Waals surface area contributed by atoms with Gasteiger partial charge < -0.3 is 19.5 Å². The van der Waals surface area contributed by atoms with E-state index in [2.05, 4.69) is 41.5 Å². The minimum absolute atomic E-state index is 0.183.